The van der Waals surface area contributed by atoms with E-state index in [-0.39, 0.29) is 0 Å². The van der Waals surface area contributed by atoms with Crippen LogP contribution in [0, 0.1) is 6.92 Å². The second-order valence-electron chi connectivity index (χ2n) is 5.10. The van der Waals surface area contributed by atoms with Crippen LogP contribution in [0.4, 0.5) is 0 Å². The number of hydrogen-bond acceptors (Lipinski definition) is 6. The molecule has 0 radical (unpaired) electrons. The molecule has 0 saturated carbocycles. The molecule has 0 unspecified atom stereocenters. The molecule has 1 aromatic rings. The Morgan fingerprint density at radius 2 is 1.50 bits per heavy atom. The zero-order valence-electron chi connectivity index (χ0n) is 14.4. The summed E-state index contributed by atoms with van der Waals surface area (Å²) in [6.45, 7) is 10.7. The second kappa shape index (κ2) is 10.8. The lowest BCUT2D eigenvalue weighted by atomic mass is 10.2. The molecule has 128 valence electrons. The lowest BCUT2D eigenvalue weighted by Gasteiger charge is -2.28. The van der Waals surface area contributed by atoms with Crippen LogP contribution < -0.4 is 0 Å². The van der Waals surface area contributed by atoms with Crippen LogP contribution in [-0.4, -0.2) is 48.8 Å². The van der Waals surface area contributed by atoms with Crippen LogP contribution in [0.25, 0.3) is 0 Å². The average molecular weight is 331 g/mol. The number of rotatable bonds is 13. The van der Waals surface area contributed by atoms with Crippen LogP contribution in [0.5, 0.6) is 0 Å². The number of nitrogens with zero attached hydrogens (tertiary/aromatic N) is 4. The van der Waals surface area contributed by atoms with Gasteiger partial charge in [-0.2, -0.15) is 0 Å². The Morgan fingerprint density at radius 1 is 0.909 bits per heavy atom. The predicted molar refractivity (Wildman–Crippen MR) is 86.5 cm³/mol. The van der Waals surface area contributed by atoms with Gasteiger partial charge in [0.05, 0.1) is 0 Å². The molecule has 8 heteroatoms. The monoisotopic (exact) mass is 330 g/mol. The second-order valence-corrected chi connectivity index (χ2v) is 7.83. The Balaban J connectivity index is 2.25. The van der Waals surface area contributed by atoms with E-state index in [2.05, 4.69) is 15.5 Å². The standard InChI is InChI=1S/C14H30N4O3Si/c1-5-19-22(20-6-2,21-7-3)13-11-9-8-10-12-18-14(4)15-16-17-18/h5-13H2,1-4H3. The van der Waals surface area contributed by atoms with Gasteiger partial charge in [0, 0.05) is 32.4 Å². The van der Waals surface area contributed by atoms with E-state index in [9.17, 15) is 0 Å². The van der Waals surface area contributed by atoms with Crippen LogP contribution in [-0.2, 0) is 19.8 Å². The van der Waals surface area contributed by atoms with Gasteiger partial charge in [-0.3, -0.25) is 0 Å². The van der Waals surface area contributed by atoms with Crippen molar-refractivity contribution in [3.8, 4) is 0 Å². The molecule has 1 rings (SSSR count). The minimum absolute atomic E-state index is 0.644. The van der Waals surface area contributed by atoms with Crippen molar-refractivity contribution in [1.29, 1.82) is 0 Å². The maximum Gasteiger partial charge on any atom is 0.500 e. The van der Waals surface area contributed by atoms with E-state index in [0.29, 0.717) is 19.8 Å². The lowest BCUT2D eigenvalue weighted by molar-refractivity contribution is 0.0706. The number of aromatic nitrogens is 4. The molecule has 7 nitrogen and oxygen atoms in total. The lowest BCUT2D eigenvalue weighted by Crippen LogP contribution is -2.45. The minimum atomic E-state index is -2.46. The number of aryl methyl sites for hydroxylation is 2. The van der Waals surface area contributed by atoms with E-state index in [1.807, 2.05) is 32.4 Å². The van der Waals surface area contributed by atoms with Crippen LogP contribution in [0.3, 0.4) is 0 Å². The highest BCUT2D eigenvalue weighted by Gasteiger charge is 2.39. The largest absolute Gasteiger partial charge is 0.500 e. The first-order valence-corrected chi connectivity index (χ1v) is 10.2. The van der Waals surface area contributed by atoms with Gasteiger partial charge in [0.2, 0.25) is 0 Å². The molecule has 0 N–H and O–H groups in total. The van der Waals surface area contributed by atoms with Crippen molar-refractivity contribution < 1.29 is 13.3 Å². The summed E-state index contributed by atoms with van der Waals surface area (Å²) in [7, 11) is -2.46. The maximum atomic E-state index is 5.86. The molecule has 0 fully saturated rings. The van der Waals surface area contributed by atoms with Crippen molar-refractivity contribution in [2.45, 2.75) is 66.0 Å². The van der Waals surface area contributed by atoms with E-state index in [1.165, 1.54) is 0 Å². The highest BCUT2D eigenvalue weighted by Crippen LogP contribution is 2.20. The van der Waals surface area contributed by atoms with E-state index in [1.54, 1.807) is 0 Å². The average Bonchev–Trinajstić information content (AvgIpc) is 2.89. The van der Waals surface area contributed by atoms with Gasteiger partial charge in [0.15, 0.2) is 0 Å². The summed E-state index contributed by atoms with van der Waals surface area (Å²) in [5.74, 6) is 0.871. The Labute approximate surface area is 134 Å². The summed E-state index contributed by atoms with van der Waals surface area (Å²) in [5, 5.41) is 11.5. The van der Waals surface area contributed by atoms with Gasteiger partial charge in [-0.05, 0) is 51.0 Å². The first kappa shape index (κ1) is 19.2. The van der Waals surface area contributed by atoms with Crippen LogP contribution >= 0.6 is 0 Å². The molecule has 1 heterocycles. The summed E-state index contributed by atoms with van der Waals surface area (Å²) in [4.78, 5) is 0. The minimum Gasteiger partial charge on any atom is -0.374 e. The Hall–Kier alpha value is -0.833. The molecule has 22 heavy (non-hydrogen) atoms. The molecular weight excluding hydrogens is 300 g/mol. The fourth-order valence-electron chi connectivity index (χ4n) is 2.41. The van der Waals surface area contributed by atoms with Crippen LogP contribution in [0.15, 0.2) is 0 Å². The van der Waals surface area contributed by atoms with Crippen molar-refractivity contribution in [2.24, 2.45) is 0 Å². The topological polar surface area (TPSA) is 71.3 Å². The van der Waals surface area contributed by atoms with Gasteiger partial charge in [-0.25, -0.2) is 4.68 Å². The summed E-state index contributed by atoms with van der Waals surface area (Å²) < 4.78 is 19.4. The first-order valence-electron chi connectivity index (χ1n) is 8.32. The van der Waals surface area contributed by atoms with Crippen molar-refractivity contribution >= 4 is 8.80 Å². The number of hydrogen-bond donors (Lipinski definition) is 0. The maximum absolute atomic E-state index is 5.86. The fraction of sp³-hybridized carbons (Fsp3) is 0.929. The molecule has 0 aliphatic rings. The molecule has 1 aromatic heterocycles. The quantitative estimate of drug-likeness (QED) is 0.409. The summed E-state index contributed by atoms with van der Waals surface area (Å²) >= 11 is 0. The fourth-order valence-corrected chi connectivity index (χ4v) is 5.10. The van der Waals surface area contributed by atoms with Crippen molar-refractivity contribution in [3.05, 3.63) is 5.82 Å². The van der Waals surface area contributed by atoms with Crippen LogP contribution in [0.2, 0.25) is 6.04 Å². The van der Waals surface area contributed by atoms with Gasteiger partial charge >= 0.3 is 8.80 Å². The van der Waals surface area contributed by atoms with Crippen molar-refractivity contribution in [3.63, 3.8) is 0 Å². The Kier molecular flexibility index (Phi) is 9.45. The van der Waals surface area contributed by atoms with Gasteiger partial charge < -0.3 is 13.3 Å². The summed E-state index contributed by atoms with van der Waals surface area (Å²) in [5.41, 5.74) is 0. The molecule has 0 aliphatic heterocycles. The van der Waals surface area contributed by atoms with Crippen molar-refractivity contribution in [2.75, 3.05) is 19.8 Å². The Bertz CT molecular complexity index is 386. The summed E-state index contributed by atoms with van der Waals surface area (Å²) in [6, 6.07) is 0.895. The molecule has 0 aromatic carbocycles. The van der Waals surface area contributed by atoms with Gasteiger partial charge in [0.1, 0.15) is 5.82 Å². The van der Waals surface area contributed by atoms with E-state index in [4.69, 9.17) is 13.3 Å². The molecule has 0 spiro atoms. The zero-order chi connectivity index (χ0) is 16.3. The third kappa shape index (κ3) is 6.51. The highest BCUT2D eigenvalue weighted by atomic mass is 28.4. The first-order chi connectivity index (χ1) is 10.7. The smallest absolute Gasteiger partial charge is 0.374 e. The molecular formula is C14H30N4O3Si. The van der Waals surface area contributed by atoms with E-state index in [0.717, 1.165) is 44.1 Å². The number of unbranched alkanes of at least 4 members (excludes halogenated alkanes) is 3. The highest BCUT2D eigenvalue weighted by molar-refractivity contribution is 6.60. The van der Waals surface area contributed by atoms with E-state index < -0.39 is 8.80 Å². The number of tetrazole rings is 1. The predicted octanol–water partition coefficient (Wildman–Crippen LogP) is 2.59. The van der Waals surface area contributed by atoms with Gasteiger partial charge in [-0.15, -0.1) is 5.10 Å². The van der Waals surface area contributed by atoms with Crippen molar-refractivity contribution in [1.82, 2.24) is 20.2 Å². The van der Waals surface area contributed by atoms with E-state index >= 15 is 0 Å². The van der Waals surface area contributed by atoms with Crippen LogP contribution in [0.1, 0.15) is 52.3 Å². The SMILES string of the molecule is CCO[Si](CCCCCCn1nnnc1C)(OCC)OCC. The molecule has 0 saturated heterocycles. The molecule has 0 aliphatic carbocycles. The third-order valence-electron chi connectivity index (χ3n) is 3.41. The third-order valence-corrected chi connectivity index (χ3v) is 6.56. The molecule has 0 bridgehead atoms. The normalized spacial score (nSPS) is 12.0. The zero-order valence-corrected chi connectivity index (χ0v) is 15.4. The van der Waals surface area contributed by atoms with Gasteiger partial charge in [-0.1, -0.05) is 12.8 Å². The summed E-state index contributed by atoms with van der Waals surface area (Å²) in [6.07, 6.45) is 4.44. The van der Waals surface area contributed by atoms with Gasteiger partial charge in [0.25, 0.3) is 0 Å². The Morgan fingerprint density at radius 3 is 2.00 bits per heavy atom. The molecule has 0 amide bonds. The molecule has 0 atom stereocenters.